The van der Waals surface area contributed by atoms with Crippen LogP contribution in [-0.4, -0.2) is 22.8 Å². The van der Waals surface area contributed by atoms with Crippen molar-refractivity contribution in [1.82, 2.24) is 9.78 Å². The smallest absolute Gasteiger partial charge is 0.225 e. The zero-order valence-electron chi connectivity index (χ0n) is 14.2. The fourth-order valence-electron chi connectivity index (χ4n) is 3.29. The van der Waals surface area contributed by atoms with Gasteiger partial charge in [-0.3, -0.25) is 4.79 Å². The molecule has 0 saturated heterocycles. The van der Waals surface area contributed by atoms with Crippen LogP contribution >= 0.6 is 0 Å². The molecule has 5 heteroatoms. The van der Waals surface area contributed by atoms with Gasteiger partial charge >= 0.3 is 0 Å². The number of anilines is 1. The van der Waals surface area contributed by atoms with Gasteiger partial charge in [0.15, 0.2) is 0 Å². The monoisotopic (exact) mass is 327 g/mol. The van der Waals surface area contributed by atoms with Gasteiger partial charge in [-0.1, -0.05) is 31.4 Å². The van der Waals surface area contributed by atoms with E-state index in [-0.39, 0.29) is 5.91 Å². The lowest BCUT2D eigenvalue weighted by Gasteiger charge is -2.23. The molecule has 0 spiro atoms. The van der Waals surface area contributed by atoms with E-state index in [0.29, 0.717) is 18.9 Å². The number of nitrogens with one attached hydrogen (secondary N) is 1. The highest BCUT2D eigenvalue weighted by atomic mass is 16.5. The first kappa shape index (κ1) is 16.6. The summed E-state index contributed by atoms with van der Waals surface area (Å²) in [7, 11) is 1.65. The third kappa shape index (κ3) is 4.16. The summed E-state index contributed by atoms with van der Waals surface area (Å²) < 4.78 is 7.14. The topological polar surface area (TPSA) is 56.1 Å². The quantitative estimate of drug-likeness (QED) is 0.873. The van der Waals surface area contributed by atoms with Crippen molar-refractivity contribution in [3.63, 3.8) is 0 Å². The lowest BCUT2D eigenvalue weighted by Crippen LogP contribution is -2.20. The van der Waals surface area contributed by atoms with Crippen molar-refractivity contribution in [2.24, 2.45) is 0 Å². The average Bonchev–Trinajstić information content (AvgIpc) is 3.09. The van der Waals surface area contributed by atoms with Crippen LogP contribution < -0.4 is 10.1 Å². The number of benzene rings is 1. The van der Waals surface area contributed by atoms with Crippen molar-refractivity contribution < 1.29 is 9.53 Å². The van der Waals surface area contributed by atoms with Gasteiger partial charge in [0, 0.05) is 12.5 Å². The van der Waals surface area contributed by atoms with E-state index in [0.717, 1.165) is 30.0 Å². The Morgan fingerprint density at radius 2 is 1.96 bits per heavy atom. The molecule has 1 saturated carbocycles. The zero-order valence-corrected chi connectivity index (χ0v) is 14.2. The first-order valence-corrected chi connectivity index (χ1v) is 8.72. The van der Waals surface area contributed by atoms with Crippen molar-refractivity contribution in [2.45, 2.75) is 51.0 Å². The average molecular weight is 327 g/mol. The highest BCUT2D eigenvalue weighted by molar-refractivity contribution is 5.89. The third-order valence-corrected chi connectivity index (χ3v) is 4.66. The zero-order chi connectivity index (χ0) is 16.8. The van der Waals surface area contributed by atoms with E-state index >= 15 is 0 Å². The van der Waals surface area contributed by atoms with Crippen LogP contribution in [0.5, 0.6) is 5.75 Å². The van der Waals surface area contributed by atoms with Crippen molar-refractivity contribution in [1.29, 1.82) is 0 Å². The molecule has 1 amide bonds. The molecule has 128 valence electrons. The Kier molecular flexibility index (Phi) is 5.51. The van der Waals surface area contributed by atoms with Gasteiger partial charge in [-0.15, -0.1) is 0 Å². The molecule has 2 aromatic rings. The molecular formula is C19H25N3O2. The van der Waals surface area contributed by atoms with E-state index in [2.05, 4.69) is 10.4 Å². The number of nitrogens with zero attached hydrogens (tertiary/aromatic N) is 2. The minimum atomic E-state index is 0.0309. The molecule has 0 aliphatic heterocycles. The molecule has 1 aromatic carbocycles. The molecule has 0 unspecified atom stereocenters. The maximum Gasteiger partial charge on any atom is 0.225 e. The number of hydrogen-bond acceptors (Lipinski definition) is 3. The van der Waals surface area contributed by atoms with Crippen LogP contribution in [0.25, 0.3) is 0 Å². The molecule has 1 aliphatic carbocycles. The second-order valence-electron chi connectivity index (χ2n) is 6.35. The molecule has 0 atom stereocenters. The van der Waals surface area contributed by atoms with Gasteiger partial charge in [0.25, 0.3) is 0 Å². The van der Waals surface area contributed by atoms with E-state index in [1.807, 2.05) is 35.0 Å². The normalized spacial score (nSPS) is 15.2. The van der Waals surface area contributed by atoms with Crippen LogP contribution in [0, 0.1) is 0 Å². The van der Waals surface area contributed by atoms with Crippen LogP contribution in [0.15, 0.2) is 36.5 Å². The number of amides is 1. The summed E-state index contributed by atoms with van der Waals surface area (Å²) in [5, 5.41) is 7.44. The fraction of sp³-hybridized carbons (Fsp3) is 0.474. The summed E-state index contributed by atoms with van der Waals surface area (Å²) in [6.07, 6.45) is 9.04. The Labute approximate surface area is 143 Å². The lowest BCUT2D eigenvalue weighted by molar-refractivity contribution is -0.116. The van der Waals surface area contributed by atoms with Crippen molar-refractivity contribution in [3.8, 4) is 5.75 Å². The maximum absolute atomic E-state index is 12.3. The molecule has 3 rings (SSSR count). The van der Waals surface area contributed by atoms with E-state index < -0.39 is 0 Å². The number of carbonyl (C=O) groups is 1. The minimum absolute atomic E-state index is 0.0309. The second kappa shape index (κ2) is 7.99. The third-order valence-electron chi connectivity index (χ3n) is 4.66. The molecule has 5 nitrogen and oxygen atoms in total. The van der Waals surface area contributed by atoms with Crippen molar-refractivity contribution in [2.75, 3.05) is 12.4 Å². The standard InChI is InChI=1S/C19H25N3O2/c1-24-17-10-7-15(8-11-17)9-12-19(23)21-18-13-14-20-22(18)16-5-3-2-4-6-16/h7-8,10-11,13-14,16H,2-6,9,12H2,1H3,(H,21,23). The Hall–Kier alpha value is -2.30. The van der Waals surface area contributed by atoms with E-state index in [4.69, 9.17) is 4.74 Å². The summed E-state index contributed by atoms with van der Waals surface area (Å²) in [5.41, 5.74) is 1.13. The first-order valence-electron chi connectivity index (χ1n) is 8.72. The maximum atomic E-state index is 12.3. The number of aryl methyl sites for hydroxylation is 1. The molecular weight excluding hydrogens is 302 g/mol. The molecule has 0 bridgehead atoms. The second-order valence-corrected chi connectivity index (χ2v) is 6.35. The van der Waals surface area contributed by atoms with Crippen LogP contribution in [-0.2, 0) is 11.2 Å². The predicted octanol–water partition coefficient (Wildman–Crippen LogP) is 3.97. The van der Waals surface area contributed by atoms with Crippen LogP contribution in [0.4, 0.5) is 5.82 Å². The van der Waals surface area contributed by atoms with Crippen LogP contribution in [0.3, 0.4) is 0 Å². The molecule has 1 aliphatic rings. The Bertz CT molecular complexity index is 658. The molecule has 0 radical (unpaired) electrons. The number of hydrogen-bond donors (Lipinski definition) is 1. The highest BCUT2D eigenvalue weighted by Gasteiger charge is 2.19. The van der Waals surface area contributed by atoms with Gasteiger partial charge in [-0.2, -0.15) is 5.10 Å². The number of aromatic nitrogens is 2. The molecule has 1 aromatic heterocycles. The number of methoxy groups -OCH3 is 1. The van der Waals surface area contributed by atoms with E-state index in [1.165, 1.54) is 19.3 Å². The number of carbonyl (C=O) groups excluding carboxylic acids is 1. The molecule has 1 heterocycles. The summed E-state index contributed by atoms with van der Waals surface area (Å²) in [6, 6.07) is 10.2. The van der Waals surface area contributed by atoms with Crippen LogP contribution in [0.2, 0.25) is 0 Å². The van der Waals surface area contributed by atoms with Gasteiger partial charge < -0.3 is 10.1 Å². The van der Waals surface area contributed by atoms with Gasteiger partial charge in [-0.05, 0) is 37.0 Å². The minimum Gasteiger partial charge on any atom is -0.497 e. The van der Waals surface area contributed by atoms with Crippen molar-refractivity contribution >= 4 is 11.7 Å². The Morgan fingerprint density at radius 1 is 1.21 bits per heavy atom. The molecule has 1 N–H and O–H groups in total. The predicted molar refractivity (Wildman–Crippen MR) is 94.3 cm³/mol. The van der Waals surface area contributed by atoms with Gasteiger partial charge in [0.1, 0.15) is 11.6 Å². The summed E-state index contributed by atoms with van der Waals surface area (Å²) >= 11 is 0. The molecule has 24 heavy (non-hydrogen) atoms. The SMILES string of the molecule is COc1ccc(CCC(=O)Nc2ccnn2C2CCCCC2)cc1. The largest absolute Gasteiger partial charge is 0.497 e. The van der Waals surface area contributed by atoms with E-state index in [9.17, 15) is 4.79 Å². The highest BCUT2D eigenvalue weighted by Crippen LogP contribution is 2.29. The summed E-state index contributed by atoms with van der Waals surface area (Å²) in [4.78, 5) is 12.3. The molecule has 1 fully saturated rings. The number of rotatable bonds is 6. The van der Waals surface area contributed by atoms with E-state index in [1.54, 1.807) is 13.3 Å². The summed E-state index contributed by atoms with van der Waals surface area (Å²) in [5.74, 6) is 1.68. The lowest BCUT2D eigenvalue weighted by atomic mass is 9.96. The fourth-order valence-corrected chi connectivity index (χ4v) is 3.29. The van der Waals surface area contributed by atoms with Gasteiger partial charge in [0.2, 0.25) is 5.91 Å². The Morgan fingerprint density at radius 3 is 2.67 bits per heavy atom. The van der Waals surface area contributed by atoms with Crippen LogP contribution in [0.1, 0.15) is 50.1 Å². The summed E-state index contributed by atoms with van der Waals surface area (Å²) in [6.45, 7) is 0. The number of ether oxygens (including phenoxy) is 1. The first-order chi connectivity index (χ1) is 11.8. The Balaban J connectivity index is 1.54. The van der Waals surface area contributed by atoms with Crippen molar-refractivity contribution in [3.05, 3.63) is 42.1 Å². The van der Waals surface area contributed by atoms with Gasteiger partial charge in [-0.25, -0.2) is 4.68 Å². The van der Waals surface area contributed by atoms with Gasteiger partial charge in [0.05, 0.1) is 19.3 Å².